The number of hydrogen-bond donors (Lipinski definition) is 3. The Labute approximate surface area is 140 Å². The predicted molar refractivity (Wildman–Crippen MR) is 95.0 cm³/mol. The molecule has 1 heterocycles. The van der Waals surface area contributed by atoms with E-state index in [1.165, 1.54) is 0 Å². The summed E-state index contributed by atoms with van der Waals surface area (Å²) in [6.07, 6.45) is -0.503. The second-order valence-corrected chi connectivity index (χ2v) is 5.65. The van der Waals surface area contributed by atoms with Crippen molar-refractivity contribution >= 4 is 28.6 Å². The lowest BCUT2D eigenvalue weighted by molar-refractivity contribution is -0.116. The Kier molecular flexibility index (Phi) is 4.77. The molecule has 6 nitrogen and oxygen atoms in total. The van der Waals surface area contributed by atoms with Crippen LogP contribution in [0.5, 0.6) is 0 Å². The van der Waals surface area contributed by atoms with Crippen LogP contribution < -0.4 is 10.6 Å². The Bertz CT molecular complexity index is 827. The van der Waals surface area contributed by atoms with E-state index in [4.69, 9.17) is 0 Å². The van der Waals surface area contributed by atoms with Crippen LogP contribution >= 0.6 is 0 Å². The first-order valence-corrected chi connectivity index (χ1v) is 7.85. The fraction of sp³-hybridized carbons (Fsp3) is 0.222. The summed E-state index contributed by atoms with van der Waals surface area (Å²) in [5.74, 6) is 0.435. The zero-order chi connectivity index (χ0) is 16.9. The zero-order valence-corrected chi connectivity index (χ0v) is 13.4. The van der Waals surface area contributed by atoms with Gasteiger partial charge in [-0.05, 0) is 31.2 Å². The molecule has 2 aromatic carbocycles. The highest BCUT2D eigenvalue weighted by Crippen LogP contribution is 2.19. The summed E-state index contributed by atoms with van der Waals surface area (Å²) < 4.78 is 1.82. The summed E-state index contributed by atoms with van der Waals surface area (Å²) in [6, 6.07) is 17.0. The Hall–Kier alpha value is -2.86. The molecule has 24 heavy (non-hydrogen) atoms. The van der Waals surface area contributed by atoms with Crippen molar-refractivity contribution in [3.8, 4) is 0 Å². The smallest absolute Gasteiger partial charge is 0.244 e. The minimum absolute atomic E-state index is 0.135. The number of anilines is 2. The molecule has 6 heteroatoms. The van der Waals surface area contributed by atoms with E-state index in [-0.39, 0.29) is 12.5 Å². The van der Waals surface area contributed by atoms with E-state index >= 15 is 0 Å². The van der Waals surface area contributed by atoms with Gasteiger partial charge in [0.2, 0.25) is 11.9 Å². The molecule has 1 aromatic heterocycles. The van der Waals surface area contributed by atoms with Gasteiger partial charge in [-0.25, -0.2) is 4.98 Å². The van der Waals surface area contributed by atoms with Crippen molar-refractivity contribution in [3.05, 3.63) is 54.6 Å². The van der Waals surface area contributed by atoms with E-state index in [2.05, 4.69) is 15.6 Å². The SMILES string of the molecule is C[C@@H](O)CNc1nc2ccccc2n1CC(=O)Nc1ccccc1. The van der Waals surface area contributed by atoms with Crippen LogP contribution in [-0.2, 0) is 11.3 Å². The van der Waals surface area contributed by atoms with Crippen molar-refractivity contribution in [1.29, 1.82) is 0 Å². The summed E-state index contributed by atoms with van der Waals surface area (Å²) in [5, 5.41) is 15.4. The summed E-state index contributed by atoms with van der Waals surface area (Å²) >= 11 is 0. The van der Waals surface area contributed by atoms with Crippen molar-refractivity contribution < 1.29 is 9.90 Å². The lowest BCUT2D eigenvalue weighted by Gasteiger charge is -2.12. The molecule has 1 atom stereocenters. The summed E-state index contributed by atoms with van der Waals surface area (Å²) in [6.45, 7) is 2.20. The van der Waals surface area contributed by atoms with Crippen molar-refractivity contribution in [2.24, 2.45) is 0 Å². The highest BCUT2D eigenvalue weighted by molar-refractivity contribution is 5.92. The third-order valence-corrected chi connectivity index (χ3v) is 3.57. The quantitative estimate of drug-likeness (QED) is 0.651. The van der Waals surface area contributed by atoms with Crippen LogP contribution in [0, 0.1) is 0 Å². The molecule has 3 aromatic rings. The van der Waals surface area contributed by atoms with Crippen molar-refractivity contribution in [2.75, 3.05) is 17.2 Å². The molecule has 3 rings (SSSR count). The molecule has 0 aliphatic carbocycles. The monoisotopic (exact) mass is 324 g/mol. The van der Waals surface area contributed by atoms with Gasteiger partial charge in [0.25, 0.3) is 0 Å². The predicted octanol–water partition coefficient (Wildman–Crippen LogP) is 2.47. The van der Waals surface area contributed by atoms with Crippen molar-refractivity contribution in [2.45, 2.75) is 19.6 Å². The first-order chi connectivity index (χ1) is 11.6. The molecule has 0 spiro atoms. The van der Waals surface area contributed by atoms with Crippen LogP contribution in [0.4, 0.5) is 11.6 Å². The Morgan fingerprint density at radius 2 is 1.88 bits per heavy atom. The van der Waals surface area contributed by atoms with E-state index in [9.17, 15) is 9.90 Å². The largest absolute Gasteiger partial charge is 0.392 e. The van der Waals surface area contributed by atoms with Crippen molar-refractivity contribution in [1.82, 2.24) is 9.55 Å². The van der Waals surface area contributed by atoms with Gasteiger partial charge < -0.3 is 20.3 Å². The number of imidazole rings is 1. The normalized spacial score (nSPS) is 12.1. The number of para-hydroxylation sites is 3. The molecule has 124 valence electrons. The van der Waals surface area contributed by atoms with E-state index in [0.717, 1.165) is 16.7 Å². The average molecular weight is 324 g/mol. The van der Waals surface area contributed by atoms with E-state index in [1.807, 2.05) is 59.2 Å². The second kappa shape index (κ2) is 7.14. The first-order valence-electron chi connectivity index (χ1n) is 7.85. The molecule has 0 unspecified atom stereocenters. The number of hydrogen-bond acceptors (Lipinski definition) is 4. The molecule has 0 bridgehead atoms. The molecule has 0 radical (unpaired) electrons. The number of benzene rings is 2. The van der Waals surface area contributed by atoms with Gasteiger partial charge in [0.15, 0.2) is 0 Å². The maximum absolute atomic E-state index is 12.4. The number of fused-ring (bicyclic) bond motifs is 1. The van der Waals surface area contributed by atoms with Gasteiger partial charge in [-0.15, -0.1) is 0 Å². The molecular formula is C18H20N4O2. The fourth-order valence-corrected chi connectivity index (χ4v) is 2.48. The van der Waals surface area contributed by atoms with Crippen molar-refractivity contribution in [3.63, 3.8) is 0 Å². The van der Waals surface area contributed by atoms with Gasteiger partial charge >= 0.3 is 0 Å². The first kappa shape index (κ1) is 16.0. The number of aliphatic hydroxyl groups is 1. The Balaban J connectivity index is 1.83. The minimum atomic E-state index is -0.503. The van der Waals surface area contributed by atoms with E-state index in [0.29, 0.717) is 12.5 Å². The van der Waals surface area contributed by atoms with Gasteiger partial charge in [-0.2, -0.15) is 0 Å². The van der Waals surface area contributed by atoms with Crippen LogP contribution in [0.1, 0.15) is 6.92 Å². The van der Waals surface area contributed by atoms with Crippen LogP contribution in [0.25, 0.3) is 11.0 Å². The fourth-order valence-electron chi connectivity index (χ4n) is 2.48. The molecule has 0 saturated heterocycles. The summed E-state index contributed by atoms with van der Waals surface area (Å²) in [7, 11) is 0. The average Bonchev–Trinajstić information content (AvgIpc) is 2.91. The molecule has 0 saturated carbocycles. The topological polar surface area (TPSA) is 79.2 Å². The van der Waals surface area contributed by atoms with Crippen LogP contribution in [0.2, 0.25) is 0 Å². The molecular weight excluding hydrogens is 304 g/mol. The summed E-state index contributed by atoms with van der Waals surface area (Å²) in [5.41, 5.74) is 2.43. The number of nitrogens with one attached hydrogen (secondary N) is 2. The number of nitrogens with zero attached hydrogens (tertiary/aromatic N) is 2. The standard InChI is InChI=1S/C18H20N4O2/c1-13(23)11-19-18-21-15-9-5-6-10-16(15)22(18)12-17(24)20-14-7-3-2-4-8-14/h2-10,13,23H,11-12H2,1H3,(H,19,21)(H,20,24)/t13-/m1/s1. The molecule has 0 fully saturated rings. The molecule has 1 amide bonds. The van der Waals surface area contributed by atoms with E-state index < -0.39 is 6.10 Å². The lowest BCUT2D eigenvalue weighted by Crippen LogP contribution is -2.22. The van der Waals surface area contributed by atoms with Crippen LogP contribution in [0.3, 0.4) is 0 Å². The second-order valence-electron chi connectivity index (χ2n) is 5.65. The number of aliphatic hydroxyl groups excluding tert-OH is 1. The summed E-state index contributed by atoms with van der Waals surface area (Å²) in [4.78, 5) is 16.9. The maximum atomic E-state index is 12.4. The zero-order valence-electron chi connectivity index (χ0n) is 13.4. The highest BCUT2D eigenvalue weighted by atomic mass is 16.3. The van der Waals surface area contributed by atoms with Gasteiger partial charge in [0.05, 0.1) is 17.1 Å². The third kappa shape index (κ3) is 3.72. The van der Waals surface area contributed by atoms with Gasteiger partial charge in [-0.3, -0.25) is 4.79 Å². The number of amides is 1. The Morgan fingerprint density at radius 3 is 2.62 bits per heavy atom. The van der Waals surface area contributed by atoms with Gasteiger partial charge in [0.1, 0.15) is 6.54 Å². The van der Waals surface area contributed by atoms with Crippen LogP contribution in [-0.4, -0.2) is 33.2 Å². The number of carbonyl (C=O) groups excluding carboxylic acids is 1. The maximum Gasteiger partial charge on any atom is 0.244 e. The van der Waals surface area contributed by atoms with Gasteiger partial charge in [-0.1, -0.05) is 30.3 Å². The number of rotatable bonds is 6. The highest BCUT2D eigenvalue weighted by Gasteiger charge is 2.14. The Morgan fingerprint density at radius 1 is 1.17 bits per heavy atom. The van der Waals surface area contributed by atoms with E-state index in [1.54, 1.807) is 6.92 Å². The molecule has 0 aliphatic rings. The van der Waals surface area contributed by atoms with Gasteiger partial charge in [0, 0.05) is 12.2 Å². The molecule has 3 N–H and O–H groups in total. The third-order valence-electron chi connectivity index (χ3n) is 3.57. The minimum Gasteiger partial charge on any atom is -0.392 e. The molecule has 0 aliphatic heterocycles. The number of aromatic nitrogens is 2. The van der Waals surface area contributed by atoms with Crippen LogP contribution in [0.15, 0.2) is 54.6 Å². The number of carbonyl (C=O) groups is 1. The lowest BCUT2D eigenvalue weighted by atomic mass is 10.3.